The fourth-order valence-electron chi connectivity index (χ4n) is 1.51. The quantitative estimate of drug-likeness (QED) is 0.332. The molecule has 1 rings (SSSR count). The van der Waals surface area contributed by atoms with E-state index in [-0.39, 0.29) is 10.4 Å². The summed E-state index contributed by atoms with van der Waals surface area (Å²) in [4.78, 5) is 0. The van der Waals surface area contributed by atoms with Crippen LogP contribution in [0.1, 0.15) is 0 Å². The van der Waals surface area contributed by atoms with Crippen molar-refractivity contribution in [1.29, 1.82) is 0 Å². The molecule has 0 saturated carbocycles. The summed E-state index contributed by atoms with van der Waals surface area (Å²) < 4.78 is 53.9. The number of hydrogen-bond donors (Lipinski definition) is 0. The lowest BCUT2D eigenvalue weighted by molar-refractivity contribution is 0.445. The van der Waals surface area contributed by atoms with Crippen molar-refractivity contribution in [3.05, 3.63) is 23.3 Å². The Balaban J connectivity index is 3.66. The molecule has 1 aromatic rings. The molecule has 6 heteroatoms. The molecule has 0 fully saturated rings. The Bertz CT molecular complexity index is 381. The third-order valence-electron chi connectivity index (χ3n) is 2.26. The highest BCUT2D eigenvalue weighted by Crippen LogP contribution is 2.11. The van der Waals surface area contributed by atoms with Crippen LogP contribution in [-0.4, -0.2) is 17.6 Å². The Morgan fingerprint density at radius 2 is 0.875 bits per heavy atom. The molecule has 0 saturated heterocycles. The van der Waals surface area contributed by atoms with Gasteiger partial charge in [-0.2, -0.15) is 0 Å². The average molecular weight is 264 g/mol. The molecular formula is C10H12F4Si2. The first-order valence-electron chi connectivity index (χ1n) is 4.76. The monoisotopic (exact) mass is 264 g/mol. The molecule has 0 spiro atoms. The van der Waals surface area contributed by atoms with E-state index in [4.69, 9.17) is 0 Å². The normalized spacial score (nSPS) is 11.6. The number of halogens is 4. The Morgan fingerprint density at radius 1 is 0.562 bits per heavy atom. The van der Waals surface area contributed by atoms with Gasteiger partial charge in [-0.15, -0.1) is 0 Å². The van der Waals surface area contributed by atoms with Crippen molar-refractivity contribution in [2.24, 2.45) is 0 Å². The summed E-state index contributed by atoms with van der Waals surface area (Å²) in [5.74, 6) is -5.14. The van der Waals surface area contributed by atoms with E-state index in [0.29, 0.717) is 0 Å². The Labute approximate surface area is 95.5 Å². The lowest BCUT2D eigenvalue weighted by Gasteiger charge is -2.15. The van der Waals surface area contributed by atoms with Crippen molar-refractivity contribution < 1.29 is 17.6 Å². The second-order valence-corrected chi connectivity index (χ2v) is 9.01. The molecular weight excluding hydrogens is 252 g/mol. The molecule has 0 aliphatic carbocycles. The zero-order valence-electron chi connectivity index (χ0n) is 9.51. The number of hydrogen-bond acceptors (Lipinski definition) is 0. The van der Waals surface area contributed by atoms with E-state index in [0.717, 1.165) is 0 Å². The van der Waals surface area contributed by atoms with Crippen molar-refractivity contribution in [3.8, 4) is 0 Å². The fraction of sp³-hybridized carbons (Fsp3) is 0.400. The summed E-state index contributed by atoms with van der Waals surface area (Å²) >= 11 is 0. The van der Waals surface area contributed by atoms with Gasteiger partial charge in [0.15, 0.2) is 17.5 Å². The maximum absolute atomic E-state index is 13.9. The molecule has 0 amide bonds. The van der Waals surface area contributed by atoms with Crippen LogP contribution in [-0.2, 0) is 0 Å². The molecule has 0 heterocycles. The van der Waals surface area contributed by atoms with Gasteiger partial charge in [-0.05, 0) is 0 Å². The summed E-state index contributed by atoms with van der Waals surface area (Å²) in [6.45, 7) is 6.58. The maximum Gasteiger partial charge on any atom is 0.194 e. The van der Waals surface area contributed by atoms with Gasteiger partial charge in [-0.1, -0.05) is 26.2 Å². The Morgan fingerprint density at radius 3 is 1.12 bits per heavy atom. The fourth-order valence-corrected chi connectivity index (χ4v) is 3.86. The van der Waals surface area contributed by atoms with Gasteiger partial charge in [-0.25, -0.2) is 17.6 Å². The van der Waals surface area contributed by atoms with Crippen molar-refractivity contribution >= 4 is 28.0 Å². The molecule has 2 radical (unpaired) electrons. The molecule has 0 aliphatic rings. The molecule has 0 N–H and O–H groups in total. The predicted octanol–water partition coefficient (Wildman–Crippen LogP) is 2.17. The van der Waals surface area contributed by atoms with Gasteiger partial charge in [-0.3, -0.25) is 0 Å². The van der Waals surface area contributed by atoms with Gasteiger partial charge >= 0.3 is 0 Å². The van der Waals surface area contributed by atoms with Crippen LogP contribution in [0.2, 0.25) is 26.2 Å². The predicted molar refractivity (Wildman–Crippen MR) is 60.5 cm³/mol. The van der Waals surface area contributed by atoms with E-state index in [9.17, 15) is 17.6 Å². The van der Waals surface area contributed by atoms with Crippen LogP contribution in [0.15, 0.2) is 0 Å². The third kappa shape index (κ3) is 2.08. The Hall–Kier alpha value is -0.626. The molecule has 0 unspecified atom stereocenters. The summed E-state index contributed by atoms with van der Waals surface area (Å²) in [5.41, 5.74) is 0. The minimum Gasteiger partial charge on any atom is -0.207 e. The highest BCUT2D eigenvalue weighted by molar-refractivity contribution is 6.74. The maximum atomic E-state index is 13.9. The lowest BCUT2D eigenvalue weighted by atomic mass is 10.3. The van der Waals surface area contributed by atoms with Crippen LogP contribution in [0, 0.1) is 23.3 Å². The van der Waals surface area contributed by atoms with E-state index in [2.05, 4.69) is 0 Å². The molecule has 16 heavy (non-hydrogen) atoms. The molecule has 0 bridgehead atoms. The van der Waals surface area contributed by atoms with Gasteiger partial charge in [0.2, 0.25) is 0 Å². The van der Waals surface area contributed by atoms with Crippen LogP contribution < -0.4 is 10.4 Å². The SMILES string of the molecule is C[Si](C)c1c(F)c(F)c(F)c([Si](C)C)c1F. The van der Waals surface area contributed by atoms with Crippen molar-refractivity contribution in [1.82, 2.24) is 0 Å². The standard InChI is InChI=1S/C10H12F4Si2/c1-15(2)9-6(12)5(11)7(13)10(8(9)14)16(3)4/h1-4H3. The van der Waals surface area contributed by atoms with E-state index in [1.54, 1.807) is 26.2 Å². The van der Waals surface area contributed by atoms with Crippen molar-refractivity contribution in [2.75, 3.05) is 0 Å². The van der Waals surface area contributed by atoms with Gasteiger partial charge in [0.1, 0.15) is 5.82 Å². The molecule has 0 nitrogen and oxygen atoms in total. The number of benzene rings is 1. The summed E-state index contributed by atoms with van der Waals surface area (Å²) in [6, 6.07) is 0. The van der Waals surface area contributed by atoms with Crippen molar-refractivity contribution in [3.63, 3.8) is 0 Å². The van der Waals surface area contributed by atoms with E-state index < -0.39 is 40.9 Å². The van der Waals surface area contributed by atoms with Crippen molar-refractivity contribution in [2.45, 2.75) is 26.2 Å². The first-order chi connectivity index (χ1) is 7.29. The second kappa shape index (κ2) is 4.71. The van der Waals surface area contributed by atoms with Crippen LogP contribution in [0.25, 0.3) is 0 Å². The molecule has 1 aromatic carbocycles. The summed E-state index contributed by atoms with van der Waals surface area (Å²) in [5, 5.41) is -0.518. The average Bonchev–Trinajstić information content (AvgIpc) is 2.13. The lowest BCUT2D eigenvalue weighted by Crippen LogP contribution is -2.43. The highest BCUT2D eigenvalue weighted by atomic mass is 28.3. The summed E-state index contributed by atoms with van der Waals surface area (Å²) in [6.07, 6.45) is 0. The van der Waals surface area contributed by atoms with Crippen LogP contribution in [0.4, 0.5) is 17.6 Å². The van der Waals surface area contributed by atoms with Crippen LogP contribution in [0.5, 0.6) is 0 Å². The van der Waals surface area contributed by atoms with Gasteiger partial charge in [0, 0.05) is 10.4 Å². The van der Waals surface area contributed by atoms with Crippen LogP contribution >= 0.6 is 0 Å². The molecule has 0 aliphatic heterocycles. The minimum absolute atomic E-state index is 0.259. The topological polar surface area (TPSA) is 0 Å². The third-order valence-corrected chi connectivity index (χ3v) is 5.14. The van der Waals surface area contributed by atoms with E-state index in [1.165, 1.54) is 0 Å². The first-order valence-corrected chi connectivity index (χ1v) is 9.76. The molecule has 88 valence electrons. The van der Waals surface area contributed by atoms with Gasteiger partial charge in [0.05, 0.1) is 17.6 Å². The molecule has 0 aromatic heterocycles. The summed E-state index contributed by atoms with van der Waals surface area (Å²) in [7, 11) is -3.01. The second-order valence-electron chi connectivity index (χ2n) is 4.01. The van der Waals surface area contributed by atoms with E-state index in [1.807, 2.05) is 0 Å². The largest absolute Gasteiger partial charge is 0.207 e. The number of rotatable bonds is 2. The zero-order chi connectivity index (χ0) is 12.6. The van der Waals surface area contributed by atoms with E-state index >= 15 is 0 Å². The first kappa shape index (κ1) is 13.4. The zero-order valence-corrected chi connectivity index (χ0v) is 11.5. The van der Waals surface area contributed by atoms with Gasteiger partial charge < -0.3 is 0 Å². The Kier molecular flexibility index (Phi) is 3.95. The smallest absolute Gasteiger partial charge is 0.194 e. The minimum atomic E-state index is -1.54. The van der Waals surface area contributed by atoms with Gasteiger partial charge in [0.25, 0.3) is 0 Å². The highest BCUT2D eigenvalue weighted by Gasteiger charge is 2.28. The molecule has 0 atom stereocenters. The van der Waals surface area contributed by atoms with Crippen LogP contribution in [0.3, 0.4) is 0 Å².